The first-order valence-corrected chi connectivity index (χ1v) is 5.13. The minimum absolute atomic E-state index is 0.00201. The standard InChI is InChI=1S/C10H12N2O5/c1-6-8(11-5-17-6)9(13)12-2-3-16-4-7(12)10(14)15/h5,7H,2-4H2,1H3,(H,14,15). The van der Waals surface area contributed by atoms with E-state index < -0.39 is 17.9 Å². The molecule has 1 N–H and O–H groups in total. The van der Waals surface area contributed by atoms with Gasteiger partial charge in [0.15, 0.2) is 18.1 Å². The number of hydrogen-bond donors (Lipinski definition) is 1. The molecule has 0 bridgehead atoms. The molecule has 92 valence electrons. The number of carboxylic acid groups (broad SMARTS) is 1. The summed E-state index contributed by atoms with van der Waals surface area (Å²) in [5, 5.41) is 9.01. The van der Waals surface area contributed by atoms with Crippen molar-refractivity contribution < 1.29 is 23.8 Å². The minimum Gasteiger partial charge on any atom is -0.480 e. The highest BCUT2D eigenvalue weighted by atomic mass is 16.5. The molecule has 0 aliphatic carbocycles. The lowest BCUT2D eigenvalue weighted by Gasteiger charge is -2.32. The molecule has 0 saturated carbocycles. The van der Waals surface area contributed by atoms with Gasteiger partial charge in [0.05, 0.1) is 13.2 Å². The Morgan fingerprint density at radius 2 is 2.35 bits per heavy atom. The number of ether oxygens (including phenoxy) is 1. The van der Waals surface area contributed by atoms with E-state index in [1.165, 1.54) is 11.3 Å². The second kappa shape index (κ2) is 4.54. The van der Waals surface area contributed by atoms with E-state index in [4.69, 9.17) is 14.3 Å². The lowest BCUT2D eigenvalue weighted by molar-refractivity contribution is -0.147. The van der Waals surface area contributed by atoms with Gasteiger partial charge >= 0.3 is 5.97 Å². The van der Waals surface area contributed by atoms with E-state index in [1.54, 1.807) is 6.92 Å². The first kappa shape index (κ1) is 11.6. The van der Waals surface area contributed by atoms with Gasteiger partial charge in [0.25, 0.3) is 5.91 Å². The maximum absolute atomic E-state index is 12.1. The third-order valence-corrected chi connectivity index (χ3v) is 2.62. The molecule has 7 nitrogen and oxygen atoms in total. The second-order valence-electron chi connectivity index (χ2n) is 3.68. The van der Waals surface area contributed by atoms with Crippen molar-refractivity contribution in [3.63, 3.8) is 0 Å². The molecule has 1 aliphatic rings. The molecule has 0 aromatic carbocycles. The van der Waals surface area contributed by atoms with Crippen LogP contribution in [0.3, 0.4) is 0 Å². The number of carbonyl (C=O) groups excluding carboxylic acids is 1. The van der Waals surface area contributed by atoms with Crippen molar-refractivity contribution in [2.45, 2.75) is 13.0 Å². The van der Waals surface area contributed by atoms with Crippen LogP contribution < -0.4 is 0 Å². The number of aliphatic carboxylic acids is 1. The van der Waals surface area contributed by atoms with E-state index in [1.807, 2.05) is 0 Å². The summed E-state index contributed by atoms with van der Waals surface area (Å²) in [5.41, 5.74) is 0.151. The van der Waals surface area contributed by atoms with Gasteiger partial charge < -0.3 is 19.2 Å². The van der Waals surface area contributed by atoms with Crippen molar-refractivity contribution in [2.75, 3.05) is 19.8 Å². The number of morpholine rings is 1. The van der Waals surface area contributed by atoms with Crippen molar-refractivity contribution in [2.24, 2.45) is 0 Å². The molecule has 1 saturated heterocycles. The van der Waals surface area contributed by atoms with E-state index >= 15 is 0 Å². The van der Waals surface area contributed by atoms with E-state index in [0.29, 0.717) is 12.4 Å². The van der Waals surface area contributed by atoms with Crippen LogP contribution in [0.25, 0.3) is 0 Å². The van der Waals surface area contributed by atoms with Gasteiger partial charge in [-0.3, -0.25) is 4.79 Å². The number of carboxylic acids is 1. The Morgan fingerprint density at radius 3 is 2.94 bits per heavy atom. The van der Waals surface area contributed by atoms with Crippen LogP contribution in [-0.2, 0) is 9.53 Å². The molecule has 7 heteroatoms. The fourth-order valence-corrected chi connectivity index (χ4v) is 1.70. The van der Waals surface area contributed by atoms with Crippen LogP contribution in [0, 0.1) is 6.92 Å². The second-order valence-corrected chi connectivity index (χ2v) is 3.68. The Balaban J connectivity index is 2.23. The number of aromatic nitrogens is 1. The van der Waals surface area contributed by atoms with Gasteiger partial charge in [-0.15, -0.1) is 0 Å². The van der Waals surface area contributed by atoms with Crippen LogP contribution in [0.5, 0.6) is 0 Å². The maximum atomic E-state index is 12.1. The molecule has 2 rings (SSSR count). The third-order valence-electron chi connectivity index (χ3n) is 2.62. The summed E-state index contributed by atoms with van der Waals surface area (Å²) in [6.07, 6.45) is 1.17. The highest BCUT2D eigenvalue weighted by Crippen LogP contribution is 2.14. The zero-order valence-electron chi connectivity index (χ0n) is 9.25. The summed E-state index contributed by atoms with van der Waals surface area (Å²) in [4.78, 5) is 28.1. The molecule has 1 amide bonds. The Bertz CT molecular complexity index is 442. The SMILES string of the molecule is Cc1ocnc1C(=O)N1CCOCC1C(=O)O. The van der Waals surface area contributed by atoms with E-state index in [2.05, 4.69) is 4.98 Å². The monoisotopic (exact) mass is 240 g/mol. The summed E-state index contributed by atoms with van der Waals surface area (Å²) >= 11 is 0. The van der Waals surface area contributed by atoms with Gasteiger partial charge in [-0.2, -0.15) is 0 Å². The van der Waals surface area contributed by atoms with Gasteiger partial charge in [-0.25, -0.2) is 9.78 Å². The zero-order chi connectivity index (χ0) is 12.4. The van der Waals surface area contributed by atoms with E-state index in [0.717, 1.165) is 0 Å². The summed E-state index contributed by atoms with van der Waals surface area (Å²) < 4.78 is 9.99. The molecule has 1 fully saturated rings. The number of hydrogen-bond acceptors (Lipinski definition) is 5. The van der Waals surface area contributed by atoms with E-state index in [9.17, 15) is 9.59 Å². The van der Waals surface area contributed by atoms with Crippen LogP contribution in [-0.4, -0.2) is 52.7 Å². The summed E-state index contributed by atoms with van der Waals surface area (Å²) in [5.74, 6) is -1.14. The molecule has 1 aliphatic heterocycles. The minimum atomic E-state index is -1.08. The van der Waals surface area contributed by atoms with Crippen molar-refractivity contribution in [3.05, 3.63) is 17.8 Å². The fraction of sp³-hybridized carbons (Fsp3) is 0.500. The van der Waals surface area contributed by atoms with Crippen LogP contribution >= 0.6 is 0 Å². The summed E-state index contributed by atoms with van der Waals surface area (Å²) in [6.45, 7) is 2.17. The largest absolute Gasteiger partial charge is 0.480 e. The van der Waals surface area contributed by atoms with Crippen molar-refractivity contribution in [1.82, 2.24) is 9.88 Å². The van der Waals surface area contributed by atoms with Crippen LogP contribution in [0.2, 0.25) is 0 Å². The molecule has 1 atom stereocenters. The van der Waals surface area contributed by atoms with Crippen molar-refractivity contribution >= 4 is 11.9 Å². The van der Waals surface area contributed by atoms with E-state index in [-0.39, 0.29) is 18.8 Å². The molecule has 17 heavy (non-hydrogen) atoms. The number of carbonyl (C=O) groups is 2. The van der Waals surface area contributed by atoms with Gasteiger partial charge in [0.2, 0.25) is 0 Å². The molecule has 1 aromatic rings. The van der Waals surface area contributed by atoms with Crippen molar-refractivity contribution in [1.29, 1.82) is 0 Å². The molecule has 1 aromatic heterocycles. The number of rotatable bonds is 2. The zero-order valence-corrected chi connectivity index (χ0v) is 9.25. The topological polar surface area (TPSA) is 92.9 Å². The third kappa shape index (κ3) is 2.14. The van der Waals surface area contributed by atoms with Gasteiger partial charge in [-0.1, -0.05) is 0 Å². The molecular formula is C10H12N2O5. The lowest BCUT2D eigenvalue weighted by atomic mass is 10.2. The summed E-state index contributed by atoms with van der Waals surface area (Å²) in [7, 11) is 0. The van der Waals surface area contributed by atoms with Gasteiger partial charge in [0.1, 0.15) is 5.76 Å². The first-order chi connectivity index (χ1) is 8.11. The highest BCUT2D eigenvalue weighted by molar-refractivity contribution is 5.95. The quantitative estimate of drug-likeness (QED) is 0.776. The number of amides is 1. The van der Waals surface area contributed by atoms with Crippen molar-refractivity contribution in [3.8, 4) is 0 Å². The predicted octanol–water partition coefficient (Wildman–Crippen LogP) is -0.0914. The molecule has 0 radical (unpaired) electrons. The number of aryl methyl sites for hydroxylation is 1. The Kier molecular flexibility index (Phi) is 3.10. The predicted molar refractivity (Wildman–Crippen MR) is 54.5 cm³/mol. The first-order valence-electron chi connectivity index (χ1n) is 5.13. The average molecular weight is 240 g/mol. The maximum Gasteiger partial charge on any atom is 0.328 e. The van der Waals surface area contributed by atoms with Crippen LogP contribution in [0.1, 0.15) is 16.2 Å². The average Bonchev–Trinajstić information content (AvgIpc) is 2.74. The highest BCUT2D eigenvalue weighted by Gasteiger charge is 2.34. The Labute approximate surface area is 97.0 Å². The molecule has 0 spiro atoms. The normalized spacial score (nSPS) is 20.3. The lowest BCUT2D eigenvalue weighted by Crippen LogP contribution is -2.52. The number of oxazole rings is 1. The molecule has 1 unspecified atom stereocenters. The number of nitrogens with zero attached hydrogens (tertiary/aromatic N) is 2. The smallest absolute Gasteiger partial charge is 0.328 e. The molecule has 2 heterocycles. The van der Waals surface area contributed by atoms with Crippen LogP contribution in [0.4, 0.5) is 0 Å². The molecular weight excluding hydrogens is 228 g/mol. The van der Waals surface area contributed by atoms with Crippen LogP contribution in [0.15, 0.2) is 10.8 Å². The fourth-order valence-electron chi connectivity index (χ4n) is 1.70. The Hall–Kier alpha value is -1.89. The summed E-state index contributed by atoms with van der Waals surface area (Å²) in [6, 6.07) is -0.965. The van der Waals surface area contributed by atoms with Gasteiger partial charge in [0, 0.05) is 6.54 Å². The Morgan fingerprint density at radius 1 is 1.59 bits per heavy atom. The van der Waals surface area contributed by atoms with Gasteiger partial charge in [-0.05, 0) is 6.92 Å².